The fourth-order valence-corrected chi connectivity index (χ4v) is 4.79. The number of amides is 1. The standard InChI is InChI=1S/C23H29ClN2O.BrH/c1-22(2)13-8-15-26(22,3)16-14-23(21(25)27,18-9-5-4-6-10-18)19-11-7-12-20(24)17-19;/h4-7,9-12,17H,8,13-16H2,1-3H3,(H-,25,27);1H. The Morgan fingerprint density at radius 1 is 1.14 bits per heavy atom. The van der Waals surface area contributed by atoms with E-state index in [-0.39, 0.29) is 28.4 Å². The van der Waals surface area contributed by atoms with Crippen molar-refractivity contribution in [1.82, 2.24) is 0 Å². The molecule has 1 aliphatic heterocycles. The summed E-state index contributed by atoms with van der Waals surface area (Å²) in [6.45, 7) is 6.67. The van der Waals surface area contributed by atoms with E-state index in [9.17, 15) is 4.79 Å². The fraction of sp³-hybridized carbons (Fsp3) is 0.435. The molecule has 2 N–H and O–H groups in total. The van der Waals surface area contributed by atoms with Crippen molar-refractivity contribution in [2.24, 2.45) is 5.73 Å². The van der Waals surface area contributed by atoms with E-state index >= 15 is 0 Å². The Balaban J connectivity index is 0.00000280. The predicted molar refractivity (Wildman–Crippen MR) is 112 cm³/mol. The molecule has 3 rings (SSSR count). The number of nitrogens with zero attached hydrogens (tertiary/aromatic N) is 1. The van der Waals surface area contributed by atoms with Crippen molar-refractivity contribution in [2.75, 3.05) is 20.1 Å². The molecule has 0 bridgehead atoms. The molecule has 1 amide bonds. The van der Waals surface area contributed by atoms with Crippen LogP contribution >= 0.6 is 11.6 Å². The highest BCUT2D eigenvalue weighted by atomic mass is 79.9. The molecule has 2 unspecified atom stereocenters. The van der Waals surface area contributed by atoms with Crippen LogP contribution in [0.1, 0.15) is 44.2 Å². The van der Waals surface area contributed by atoms with Crippen LogP contribution < -0.4 is 22.7 Å². The maximum atomic E-state index is 13.0. The maximum Gasteiger partial charge on any atom is 0.232 e. The van der Waals surface area contributed by atoms with E-state index in [1.165, 1.54) is 12.8 Å². The van der Waals surface area contributed by atoms with Crippen LogP contribution in [0.5, 0.6) is 0 Å². The number of halogens is 2. The first-order chi connectivity index (χ1) is 12.7. The maximum absolute atomic E-state index is 13.0. The molecule has 2 aromatic rings. The Morgan fingerprint density at radius 3 is 2.32 bits per heavy atom. The zero-order valence-electron chi connectivity index (χ0n) is 16.9. The van der Waals surface area contributed by atoms with Crippen LogP contribution in [0.25, 0.3) is 0 Å². The summed E-state index contributed by atoms with van der Waals surface area (Å²) in [6, 6.07) is 17.5. The summed E-state index contributed by atoms with van der Waals surface area (Å²) < 4.78 is 0.954. The number of quaternary nitrogens is 1. The highest BCUT2D eigenvalue weighted by molar-refractivity contribution is 6.30. The Kier molecular flexibility index (Phi) is 7.01. The summed E-state index contributed by atoms with van der Waals surface area (Å²) in [4.78, 5) is 13.0. The predicted octanol–water partition coefficient (Wildman–Crippen LogP) is 1.52. The van der Waals surface area contributed by atoms with Gasteiger partial charge in [0.25, 0.3) is 0 Å². The Labute approximate surface area is 184 Å². The van der Waals surface area contributed by atoms with Crippen molar-refractivity contribution in [2.45, 2.75) is 44.1 Å². The third kappa shape index (κ3) is 4.00. The molecule has 28 heavy (non-hydrogen) atoms. The summed E-state index contributed by atoms with van der Waals surface area (Å²) in [7, 11) is 2.31. The van der Waals surface area contributed by atoms with Gasteiger partial charge in [-0.2, -0.15) is 0 Å². The molecule has 152 valence electrons. The molecule has 0 aliphatic carbocycles. The van der Waals surface area contributed by atoms with Gasteiger partial charge in [-0.3, -0.25) is 4.79 Å². The molecular weight excluding hydrogens is 436 g/mol. The molecule has 5 heteroatoms. The number of benzene rings is 2. The number of hydrogen-bond donors (Lipinski definition) is 1. The lowest BCUT2D eigenvalue weighted by Gasteiger charge is -2.44. The average Bonchev–Trinajstić information content (AvgIpc) is 2.89. The van der Waals surface area contributed by atoms with E-state index in [0.717, 1.165) is 28.7 Å². The quantitative estimate of drug-likeness (QED) is 0.646. The first-order valence-electron chi connectivity index (χ1n) is 9.67. The van der Waals surface area contributed by atoms with E-state index in [2.05, 4.69) is 20.9 Å². The number of carbonyl (C=O) groups excluding carboxylic acids is 1. The zero-order chi connectivity index (χ0) is 19.7. The lowest BCUT2D eigenvalue weighted by Crippen LogP contribution is -3.00. The van der Waals surface area contributed by atoms with Gasteiger partial charge in [-0.15, -0.1) is 0 Å². The van der Waals surface area contributed by atoms with Gasteiger partial charge in [-0.25, -0.2) is 0 Å². The third-order valence-electron chi connectivity index (χ3n) is 6.89. The molecule has 2 aromatic carbocycles. The van der Waals surface area contributed by atoms with Gasteiger partial charge in [0.05, 0.1) is 25.7 Å². The minimum atomic E-state index is -0.883. The van der Waals surface area contributed by atoms with Gasteiger partial charge < -0.3 is 27.2 Å². The second-order valence-electron chi connectivity index (χ2n) is 8.66. The molecule has 1 saturated heterocycles. The number of primary amides is 1. The van der Waals surface area contributed by atoms with E-state index in [1.54, 1.807) is 0 Å². The van der Waals surface area contributed by atoms with Crippen molar-refractivity contribution < 1.29 is 26.3 Å². The third-order valence-corrected chi connectivity index (χ3v) is 7.12. The first-order valence-corrected chi connectivity index (χ1v) is 10.1. The van der Waals surface area contributed by atoms with Gasteiger partial charge in [0, 0.05) is 24.3 Å². The normalized spacial score (nSPS) is 22.9. The molecule has 0 spiro atoms. The molecule has 0 radical (unpaired) electrons. The Bertz CT molecular complexity index is 826. The summed E-state index contributed by atoms with van der Waals surface area (Å²) in [6.07, 6.45) is 3.08. The summed E-state index contributed by atoms with van der Waals surface area (Å²) in [5.41, 5.74) is 7.22. The van der Waals surface area contributed by atoms with Crippen LogP contribution in [0.3, 0.4) is 0 Å². The van der Waals surface area contributed by atoms with Crippen molar-refractivity contribution in [3.63, 3.8) is 0 Å². The zero-order valence-corrected chi connectivity index (χ0v) is 19.3. The minimum absolute atomic E-state index is 0. The van der Waals surface area contributed by atoms with Crippen LogP contribution in [0, 0.1) is 0 Å². The largest absolute Gasteiger partial charge is 1.00 e. The van der Waals surface area contributed by atoms with Crippen LogP contribution in [-0.2, 0) is 10.2 Å². The van der Waals surface area contributed by atoms with Crippen molar-refractivity contribution >= 4 is 17.5 Å². The SMILES string of the molecule is CC1(C)CCC[N+]1(C)CCC(C(N)=O)(c1ccccc1)c1cccc(Cl)c1.[Br-]. The molecule has 0 aromatic heterocycles. The number of likely N-dealkylation sites (tertiary alicyclic amines) is 1. The highest BCUT2D eigenvalue weighted by Crippen LogP contribution is 2.41. The first kappa shape index (κ1) is 22.9. The Morgan fingerprint density at radius 2 is 1.79 bits per heavy atom. The van der Waals surface area contributed by atoms with Crippen molar-refractivity contribution in [3.8, 4) is 0 Å². The Hall–Kier alpha value is -1.36. The van der Waals surface area contributed by atoms with E-state index in [1.807, 2.05) is 54.6 Å². The van der Waals surface area contributed by atoms with Crippen LogP contribution in [0.15, 0.2) is 54.6 Å². The second kappa shape index (κ2) is 8.56. The van der Waals surface area contributed by atoms with Crippen LogP contribution in [0.4, 0.5) is 0 Å². The lowest BCUT2D eigenvalue weighted by atomic mass is 9.71. The summed E-state index contributed by atoms with van der Waals surface area (Å²) in [5.74, 6) is -0.320. The summed E-state index contributed by atoms with van der Waals surface area (Å²) in [5, 5.41) is 0.621. The number of nitrogens with two attached hydrogens (primary N) is 1. The molecule has 0 saturated carbocycles. The topological polar surface area (TPSA) is 43.1 Å². The van der Waals surface area contributed by atoms with Gasteiger partial charge in [0.1, 0.15) is 5.41 Å². The average molecular weight is 466 g/mol. The monoisotopic (exact) mass is 464 g/mol. The second-order valence-corrected chi connectivity index (χ2v) is 9.09. The van der Waals surface area contributed by atoms with E-state index in [4.69, 9.17) is 17.3 Å². The number of rotatable bonds is 6. The fourth-order valence-electron chi connectivity index (χ4n) is 4.60. The van der Waals surface area contributed by atoms with Gasteiger partial charge in [-0.1, -0.05) is 54.1 Å². The summed E-state index contributed by atoms with van der Waals surface area (Å²) >= 11 is 6.29. The molecule has 3 nitrogen and oxygen atoms in total. The van der Waals surface area contributed by atoms with Gasteiger partial charge in [-0.05, 0) is 37.1 Å². The molecule has 1 fully saturated rings. The molecule has 2 atom stereocenters. The number of hydrogen-bond acceptors (Lipinski definition) is 1. The van der Waals surface area contributed by atoms with Gasteiger partial charge >= 0.3 is 0 Å². The van der Waals surface area contributed by atoms with Crippen LogP contribution in [0.2, 0.25) is 5.02 Å². The molecular formula is C23H30BrClN2O. The lowest BCUT2D eigenvalue weighted by molar-refractivity contribution is -0.943. The van der Waals surface area contributed by atoms with E-state index in [0.29, 0.717) is 11.4 Å². The highest BCUT2D eigenvalue weighted by Gasteiger charge is 2.48. The minimum Gasteiger partial charge on any atom is -1.00 e. The van der Waals surface area contributed by atoms with Gasteiger partial charge in [0.2, 0.25) is 5.91 Å². The molecule has 1 heterocycles. The molecule has 1 aliphatic rings. The van der Waals surface area contributed by atoms with Crippen molar-refractivity contribution in [3.05, 3.63) is 70.7 Å². The van der Waals surface area contributed by atoms with Crippen molar-refractivity contribution in [1.29, 1.82) is 0 Å². The van der Waals surface area contributed by atoms with Crippen LogP contribution in [-0.4, -0.2) is 36.1 Å². The number of carbonyl (C=O) groups is 1. The van der Waals surface area contributed by atoms with E-state index < -0.39 is 5.41 Å². The van der Waals surface area contributed by atoms with Gasteiger partial charge in [0.15, 0.2) is 0 Å². The smallest absolute Gasteiger partial charge is 0.232 e.